The first-order valence-corrected chi connectivity index (χ1v) is 12.8. The lowest BCUT2D eigenvalue weighted by molar-refractivity contribution is -0.00675. The number of hydrogen-bond acceptors (Lipinski definition) is 3. The number of hydrogen-bond donors (Lipinski definition) is 1. The van der Waals surface area contributed by atoms with Crippen LogP contribution in [0.15, 0.2) is 124 Å². The zero-order chi connectivity index (χ0) is 24.6. The lowest BCUT2D eigenvalue weighted by Gasteiger charge is -2.29. The average Bonchev–Trinajstić information content (AvgIpc) is 2.90. The molecule has 0 bridgehead atoms. The molecular weight excluding hydrogens is 568 g/mol. The highest BCUT2D eigenvalue weighted by Crippen LogP contribution is 2.38. The van der Waals surface area contributed by atoms with Crippen molar-refractivity contribution in [3.63, 3.8) is 0 Å². The summed E-state index contributed by atoms with van der Waals surface area (Å²) in [5.41, 5.74) is 2.97. The second-order valence-corrected chi connectivity index (χ2v) is 9.92. The minimum absolute atomic E-state index is 0.443. The van der Waals surface area contributed by atoms with E-state index in [9.17, 15) is 9.90 Å². The van der Waals surface area contributed by atoms with E-state index in [0.717, 1.165) is 25.6 Å². The largest absolute Gasteiger partial charge is 0.453 e. The Bertz CT molecular complexity index is 1250. The van der Waals surface area contributed by atoms with Gasteiger partial charge < -0.3 is 9.84 Å². The first-order chi connectivity index (χ1) is 17.0. The second kappa shape index (κ2) is 12.1. The Balaban J connectivity index is 1.74. The van der Waals surface area contributed by atoms with Crippen LogP contribution in [-0.2, 0) is 4.74 Å². The number of benzene rings is 4. The smallest absolute Gasteiger partial charge is 0.338 e. The van der Waals surface area contributed by atoms with Crippen LogP contribution in [0.4, 0.5) is 0 Å². The molecular formula is C30H24Br2O3. The van der Waals surface area contributed by atoms with Crippen molar-refractivity contribution in [2.75, 3.05) is 0 Å². The third kappa shape index (κ3) is 6.79. The predicted molar refractivity (Wildman–Crippen MR) is 147 cm³/mol. The van der Waals surface area contributed by atoms with E-state index in [4.69, 9.17) is 4.74 Å². The van der Waals surface area contributed by atoms with Crippen molar-refractivity contribution in [1.29, 1.82) is 0 Å². The van der Waals surface area contributed by atoms with Crippen molar-refractivity contribution in [2.45, 2.75) is 12.2 Å². The van der Waals surface area contributed by atoms with Crippen LogP contribution in [0.1, 0.15) is 39.3 Å². The van der Waals surface area contributed by atoms with E-state index in [2.05, 4.69) is 31.9 Å². The van der Waals surface area contributed by atoms with E-state index in [0.29, 0.717) is 5.56 Å². The molecule has 4 aromatic rings. The molecule has 3 nitrogen and oxygen atoms in total. The molecule has 0 aliphatic rings. The van der Waals surface area contributed by atoms with E-state index in [1.807, 2.05) is 97.1 Å². The molecule has 0 saturated carbocycles. The van der Waals surface area contributed by atoms with Gasteiger partial charge in [0.25, 0.3) is 0 Å². The number of aliphatic hydroxyl groups is 1. The molecule has 176 valence electrons. The third-order valence-electron chi connectivity index (χ3n) is 5.68. The Morgan fingerprint density at radius 1 is 0.714 bits per heavy atom. The molecule has 4 rings (SSSR count). The summed E-state index contributed by atoms with van der Waals surface area (Å²) in [5.74, 6) is -0.995. The van der Waals surface area contributed by atoms with Gasteiger partial charge in [-0.15, -0.1) is 0 Å². The predicted octanol–water partition coefficient (Wildman–Crippen LogP) is 8.17. The third-order valence-corrected chi connectivity index (χ3v) is 6.74. The summed E-state index contributed by atoms with van der Waals surface area (Å²) in [6, 6.07) is 34.0. The normalized spacial score (nSPS) is 13.8. The maximum atomic E-state index is 13.2. The highest BCUT2D eigenvalue weighted by atomic mass is 79.9. The van der Waals surface area contributed by atoms with Gasteiger partial charge in [-0.2, -0.15) is 0 Å². The Labute approximate surface area is 222 Å². The van der Waals surface area contributed by atoms with Crippen LogP contribution in [0, 0.1) is 5.92 Å². The molecule has 4 aromatic carbocycles. The lowest BCUT2D eigenvalue weighted by Crippen LogP contribution is -2.24. The Kier molecular flexibility index (Phi) is 8.69. The number of halogens is 2. The highest BCUT2D eigenvalue weighted by Gasteiger charge is 2.32. The van der Waals surface area contributed by atoms with Crippen LogP contribution < -0.4 is 0 Å². The summed E-state index contributed by atoms with van der Waals surface area (Å²) in [5, 5.41) is 11.5. The van der Waals surface area contributed by atoms with Crippen LogP contribution in [0.25, 0.3) is 6.08 Å². The van der Waals surface area contributed by atoms with Gasteiger partial charge in [0.1, 0.15) is 6.10 Å². The lowest BCUT2D eigenvalue weighted by atomic mass is 9.86. The zero-order valence-corrected chi connectivity index (χ0v) is 22.0. The van der Waals surface area contributed by atoms with E-state index in [1.165, 1.54) is 0 Å². The quantitative estimate of drug-likeness (QED) is 0.210. The summed E-state index contributed by atoms with van der Waals surface area (Å²) >= 11 is 6.85. The van der Waals surface area contributed by atoms with Gasteiger partial charge >= 0.3 is 5.97 Å². The Morgan fingerprint density at radius 3 is 1.86 bits per heavy atom. The maximum absolute atomic E-state index is 13.2. The minimum Gasteiger partial charge on any atom is -0.453 e. The van der Waals surface area contributed by atoms with Gasteiger partial charge in [-0.25, -0.2) is 4.79 Å². The topological polar surface area (TPSA) is 46.5 Å². The molecule has 0 saturated heterocycles. The molecule has 0 aromatic heterocycles. The van der Waals surface area contributed by atoms with Crippen molar-refractivity contribution in [3.8, 4) is 0 Å². The van der Waals surface area contributed by atoms with Gasteiger partial charge in [0.05, 0.1) is 11.7 Å². The van der Waals surface area contributed by atoms with Gasteiger partial charge in [-0.1, -0.05) is 117 Å². The molecule has 0 radical (unpaired) electrons. The standard InChI is InChI=1S/C30H24Br2O3/c31-25-16-12-22(13-17-25)28(33)27(20-11-21-7-3-1-4-8-21)29(23-9-5-2-6-10-23)35-30(34)24-14-18-26(32)19-15-24/h1-20,27-29,33H/b20-11+/t27-,28-,29-/m1/s1. The molecule has 3 atom stereocenters. The fourth-order valence-corrected chi connectivity index (χ4v) is 4.35. The Morgan fingerprint density at radius 2 is 1.26 bits per heavy atom. The van der Waals surface area contributed by atoms with Gasteiger partial charge in [-0.05, 0) is 53.1 Å². The number of esters is 1. The van der Waals surface area contributed by atoms with Crippen molar-refractivity contribution in [3.05, 3.63) is 146 Å². The number of aliphatic hydroxyl groups excluding tert-OH is 1. The summed E-state index contributed by atoms with van der Waals surface area (Å²) < 4.78 is 7.90. The Hall–Kier alpha value is -2.99. The number of rotatable bonds is 8. The molecule has 0 fully saturated rings. The first kappa shape index (κ1) is 25.1. The summed E-state index contributed by atoms with van der Waals surface area (Å²) in [4.78, 5) is 13.2. The van der Waals surface area contributed by atoms with Crippen molar-refractivity contribution in [2.24, 2.45) is 5.92 Å². The van der Waals surface area contributed by atoms with Crippen molar-refractivity contribution >= 4 is 43.9 Å². The minimum atomic E-state index is -0.911. The van der Waals surface area contributed by atoms with Crippen LogP contribution in [0.2, 0.25) is 0 Å². The molecule has 0 aliphatic carbocycles. The van der Waals surface area contributed by atoms with Gasteiger partial charge in [-0.3, -0.25) is 0 Å². The van der Waals surface area contributed by atoms with E-state index in [-0.39, 0.29) is 0 Å². The zero-order valence-electron chi connectivity index (χ0n) is 18.8. The maximum Gasteiger partial charge on any atom is 0.338 e. The summed E-state index contributed by atoms with van der Waals surface area (Å²) in [6.45, 7) is 0. The number of ether oxygens (including phenoxy) is 1. The molecule has 0 unspecified atom stereocenters. The van der Waals surface area contributed by atoms with Gasteiger partial charge in [0, 0.05) is 14.9 Å². The van der Waals surface area contributed by atoms with E-state index in [1.54, 1.807) is 24.3 Å². The van der Waals surface area contributed by atoms with Crippen molar-refractivity contribution in [1.82, 2.24) is 0 Å². The van der Waals surface area contributed by atoms with Gasteiger partial charge in [0.15, 0.2) is 0 Å². The first-order valence-electron chi connectivity index (χ1n) is 11.2. The van der Waals surface area contributed by atoms with Crippen LogP contribution in [0.5, 0.6) is 0 Å². The van der Waals surface area contributed by atoms with Crippen LogP contribution in [0.3, 0.4) is 0 Å². The summed E-state index contributed by atoms with van der Waals surface area (Å²) in [6.07, 6.45) is 2.25. The monoisotopic (exact) mass is 590 g/mol. The highest BCUT2D eigenvalue weighted by molar-refractivity contribution is 9.10. The number of carbonyl (C=O) groups excluding carboxylic acids is 1. The van der Waals surface area contributed by atoms with Crippen LogP contribution >= 0.6 is 31.9 Å². The number of carbonyl (C=O) groups is 1. The fraction of sp³-hybridized carbons (Fsp3) is 0.100. The molecule has 0 heterocycles. The van der Waals surface area contributed by atoms with Gasteiger partial charge in [0.2, 0.25) is 0 Å². The fourth-order valence-electron chi connectivity index (χ4n) is 3.82. The molecule has 0 aliphatic heterocycles. The second-order valence-electron chi connectivity index (χ2n) is 8.09. The molecule has 5 heteroatoms. The van der Waals surface area contributed by atoms with Crippen LogP contribution in [-0.4, -0.2) is 11.1 Å². The van der Waals surface area contributed by atoms with E-state index >= 15 is 0 Å². The van der Waals surface area contributed by atoms with Crippen molar-refractivity contribution < 1.29 is 14.6 Å². The molecule has 0 amide bonds. The SMILES string of the molecule is O=C(O[C@H](c1ccccc1)[C@H](/C=C/c1ccccc1)[C@H](O)c1ccc(Br)cc1)c1ccc(Br)cc1. The molecule has 1 N–H and O–H groups in total. The molecule has 0 spiro atoms. The summed E-state index contributed by atoms with van der Waals surface area (Å²) in [7, 11) is 0. The molecule has 35 heavy (non-hydrogen) atoms. The average molecular weight is 592 g/mol. The van der Waals surface area contributed by atoms with E-state index < -0.39 is 24.1 Å².